The Kier molecular flexibility index (Phi) is 4.92. The number of carbonyl (C=O) groups is 1. The summed E-state index contributed by atoms with van der Waals surface area (Å²) in [6.45, 7) is 0. The fraction of sp³-hybridized carbons (Fsp3) is 0.136. The second-order valence-electron chi connectivity index (χ2n) is 6.57. The molecule has 4 N–H and O–H groups in total. The van der Waals surface area contributed by atoms with E-state index in [1.807, 2.05) is 54.6 Å². The van der Waals surface area contributed by atoms with Crippen LogP contribution >= 0.6 is 0 Å². The Bertz CT molecular complexity index is 884. The van der Waals surface area contributed by atoms with Crippen molar-refractivity contribution in [2.45, 2.75) is 19.0 Å². The summed E-state index contributed by atoms with van der Waals surface area (Å²) in [5.74, 6) is 0. The van der Waals surface area contributed by atoms with E-state index in [0.717, 1.165) is 35.6 Å². The van der Waals surface area contributed by atoms with Crippen molar-refractivity contribution in [2.75, 3.05) is 21.3 Å². The molecule has 0 unspecified atom stereocenters. The smallest absolute Gasteiger partial charge is 0.323 e. The second kappa shape index (κ2) is 7.83. The zero-order valence-electron chi connectivity index (χ0n) is 14.9. The summed E-state index contributed by atoms with van der Waals surface area (Å²) in [6, 6.07) is 25.4. The molecule has 0 saturated carbocycles. The van der Waals surface area contributed by atoms with Crippen LogP contribution in [0, 0.1) is 0 Å². The van der Waals surface area contributed by atoms with Crippen LogP contribution in [0.1, 0.15) is 12.0 Å². The molecule has 5 heteroatoms. The molecule has 0 spiro atoms. The Morgan fingerprint density at radius 3 is 1.93 bits per heavy atom. The van der Waals surface area contributed by atoms with Gasteiger partial charge in [-0.15, -0.1) is 0 Å². The highest BCUT2D eigenvalue weighted by Gasteiger charge is 2.18. The van der Waals surface area contributed by atoms with Gasteiger partial charge in [0.25, 0.3) is 0 Å². The van der Waals surface area contributed by atoms with Crippen LogP contribution in [-0.2, 0) is 6.42 Å². The number of aryl methyl sites for hydroxylation is 1. The van der Waals surface area contributed by atoms with Crippen molar-refractivity contribution in [3.05, 3.63) is 84.4 Å². The normalized spacial score (nSPS) is 12.6. The van der Waals surface area contributed by atoms with Gasteiger partial charge >= 0.3 is 6.03 Å². The predicted octanol–water partition coefficient (Wildman–Crippen LogP) is 5.13. The van der Waals surface area contributed by atoms with Crippen molar-refractivity contribution in [2.24, 2.45) is 0 Å². The Morgan fingerprint density at radius 1 is 0.741 bits per heavy atom. The number of para-hydroxylation sites is 3. The average Bonchev–Trinajstić information content (AvgIpc) is 3.11. The first-order valence-electron chi connectivity index (χ1n) is 9.10. The van der Waals surface area contributed by atoms with Crippen molar-refractivity contribution in [1.29, 1.82) is 0 Å². The molecule has 0 radical (unpaired) electrons. The molecule has 1 heterocycles. The summed E-state index contributed by atoms with van der Waals surface area (Å²) in [5.41, 5.74) is 5.10. The van der Waals surface area contributed by atoms with Crippen LogP contribution in [0.4, 0.5) is 27.5 Å². The number of amides is 2. The molecular weight excluding hydrogens is 336 g/mol. The summed E-state index contributed by atoms with van der Waals surface area (Å²) in [5, 5.41) is 12.6. The van der Waals surface area contributed by atoms with Gasteiger partial charge in [-0.05, 0) is 54.8 Å². The van der Waals surface area contributed by atoms with E-state index in [-0.39, 0.29) is 12.2 Å². The Balaban J connectivity index is 1.26. The van der Waals surface area contributed by atoms with Crippen LogP contribution in [0.3, 0.4) is 0 Å². The van der Waals surface area contributed by atoms with Crippen molar-refractivity contribution >= 4 is 28.8 Å². The Labute approximate surface area is 158 Å². The molecule has 0 aliphatic carbocycles. The molecule has 0 fully saturated rings. The van der Waals surface area contributed by atoms with Gasteiger partial charge in [-0.1, -0.05) is 42.5 Å². The van der Waals surface area contributed by atoms with E-state index in [2.05, 4.69) is 45.5 Å². The number of nitrogens with one attached hydrogen (secondary N) is 4. The first kappa shape index (κ1) is 17.0. The first-order valence-corrected chi connectivity index (χ1v) is 9.10. The van der Waals surface area contributed by atoms with Gasteiger partial charge in [-0.2, -0.15) is 0 Å². The number of hydrogen-bond acceptors (Lipinski definition) is 3. The number of rotatable bonds is 5. The average molecular weight is 358 g/mol. The maximum Gasteiger partial charge on any atom is 0.323 e. The van der Waals surface area contributed by atoms with Gasteiger partial charge in [0.15, 0.2) is 0 Å². The number of carbonyl (C=O) groups excluding carboxylic acids is 1. The molecule has 1 aliphatic rings. The van der Waals surface area contributed by atoms with Crippen LogP contribution in [0.15, 0.2) is 78.9 Å². The Morgan fingerprint density at radius 2 is 1.30 bits per heavy atom. The molecule has 136 valence electrons. The van der Waals surface area contributed by atoms with Crippen LogP contribution < -0.4 is 21.3 Å². The van der Waals surface area contributed by atoms with Gasteiger partial charge in [0.1, 0.15) is 0 Å². The minimum Gasteiger partial charge on any atom is -0.364 e. The van der Waals surface area contributed by atoms with E-state index in [9.17, 15) is 4.79 Å². The van der Waals surface area contributed by atoms with Crippen LogP contribution in [0.5, 0.6) is 0 Å². The topological polar surface area (TPSA) is 65.2 Å². The third-order valence-electron chi connectivity index (χ3n) is 4.55. The zero-order valence-corrected chi connectivity index (χ0v) is 14.9. The molecule has 0 saturated heterocycles. The van der Waals surface area contributed by atoms with Gasteiger partial charge in [-0.25, -0.2) is 4.79 Å². The molecule has 2 amide bonds. The number of hydrogen-bond donors (Lipinski definition) is 4. The third-order valence-corrected chi connectivity index (χ3v) is 4.55. The lowest BCUT2D eigenvalue weighted by molar-refractivity contribution is 0.262. The first-order chi connectivity index (χ1) is 13.3. The highest BCUT2D eigenvalue weighted by Crippen LogP contribution is 2.29. The quantitative estimate of drug-likeness (QED) is 0.511. The molecule has 5 nitrogen and oxygen atoms in total. The highest BCUT2D eigenvalue weighted by molar-refractivity contribution is 5.99. The maximum atomic E-state index is 12.0. The predicted molar refractivity (Wildman–Crippen MR) is 111 cm³/mol. The number of urea groups is 1. The molecule has 3 aromatic rings. The third kappa shape index (κ3) is 4.39. The minimum atomic E-state index is -0.244. The van der Waals surface area contributed by atoms with Crippen molar-refractivity contribution in [3.63, 3.8) is 0 Å². The Hall–Kier alpha value is -3.47. The molecule has 0 aromatic heterocycles. The standard InChI is InChI=1S/C22H22N4O/c27-22(23-17-6-2-1-3-7-17)24-18-13-10-16(11-14-18)12-15-21-25-19-8-4-5-9-20(19)26-21/h1-11,13-14,21,25-26H,12,15H2,(H2,23,24,27). The maximum absolute atomic E-state index is 12.0. The molecule has 1 aliphatic heterocycles. The summed E-state index contributed by atoms with van der Waals surface area (Å²) in [4.78, 5) is 12.0. The van der Waals surface area contributed by atoms with Gasteiger partial charge in [0.2, 0.25) is 0 Å². The lowest BCUT2D eigenvalue weighted by Crippen LogP contribution is -2.22. The number of anilines is 4. The summed E-state index contributed by atoms with van der Waals surface area (Å²) in [6.07, 6.45) is 2.18. The van der Waals surface area contributed by atoms with E-state index >= 15 is 0 Å². The molecule has 27 heavy (non-hydrogen) atoms. The van der Waals surface area contributed by atoms with Gasteiger partial charge in [-0.3, -0.25) is 0 Å². The van der Waals surface area contributed by atoms with Gasteiger partial charge in [0, 0.05) is 11.4 Å². The summed E-state index contributed by atoms with van der Waals surface area (Å²) in [7, 11) is 0. The van der Waals surface area contributed by atoms with E-state index in [4.69, 9.17) is 0 Å². The van der Waals surface area contributed by atoms with Crippen molar-refractivity contribution < 1.29 is 4.79 Å². The van der Waals surface area contributed by atoms with Crippen LogP contribution in [0.2, 0.25) is 0 Å². The summed E-state index contributed by atoms with van der Waals surface area (Å²) >= 11 is 0. The molecule has 0 bridgehead atoms. The molecule has 4 rings (SSSR count). The van der Waals surface area contributed by atoms with Crippen LogP contribution in [-0.4, -0.2) is 12.2 Å². The fourth-order valence-electron chi connectivity index (χ4n) is 3.17. The number of benzene rings is 3. The summed E-state index contributed by atoms with van der Waals surface area (Å²) < 4.78 is 0. The zero-order chi connectivity index (χ0) is 18.5. The fourth-order valence-corrected chi connectivity index (χ4v) is 3.17. The van der Waals surface area contributed by atoms with E-state index in [1.165, 1.54) is 5.56 Å². The van der Waals surface area contributed by atoms with Crippen molar-refractivity contribution in [1.82, 2.24) is 0 Å². The van der Waals surface area contributed by atoms with E-state index < -0.39 is 0 Å². The van der Waals surface area contributed by atoms with E-state index in [0.29, 0.717) is 0 Å². The lowest BCUT2D eigenvalue weighted by atomic mass is 10.1. The monoisotopic (exact) mass is 358 g/mol. The van der Waals surface area contributed by atoms with E-state index in [1.54, 1.807) is 0 Å². The van der Waals surface area contributed by atoms with Gasteiger partial charge in [0.05, 0.1) is 17.5 Å². The lowest BCUT2D eigenvalue weighted by Gasteiger charge is -2.13. The van der Waals surface area contributed by atoms with Crippen LogP contribution in [0.25, 0.3) is 0 Å². The van der Waals surface area contributed by atoms with Gasteiger partial charge < -0.3 is 21.3 Å². The molecular formula is C22H22N4O. The number of fused-ring (bicyclic) bond motifs is 1. The highest BCUT2D eigenvalue weighted by atomic mass is 16.2. The largest absolute Gasteiger partial charge is 0.364 e. The SMILES string of the molecule is O=C(Nc1ccccc1)Nc1ccc(CCC2Nc3ccccc3N2)cc1. The second-order valence-corrected chi connectivity index (χ2v) is 6.57. The minimum absolute atomic E-state index is 0.244. The molecule has 0 atom stereocenters. The van der Waals surface area contributed by atoms with Crippen molar-refractivity contribution in [3.8, 4) is 0 Å². The molecule has 3 aromatic carbocycles.